The van der Waals surface area contributed by atoms with Gasteiger partial charge in [-0.15, -0.1) is 0 Å². The second kappa shape index (κ2) is 14.8. The summed E-state index contributed by atoms with van der Waals surface area (Å²) in [6.07, 6.45) is 7.58. The van der Waals surface area contributed by atoms with Crippen molar-refractivity contribution in [3.63, 3.8) is 0 Å². The molecule has 0 atom stereocenters. The number of para-hydroxylation sites is 4. The fourth-order valence-corrected chi connectivity index (χ4v) is 10.2. The maximum absolute atomic E-state index is 5.04. The molecule has 8 aromatic carbocycles. The Morgan fingerprint density at radius 2 is 0.594 bits per heavy atom. The number of hydrogen-bond donors (Lipinski definition) is 0. The average molecular weight is 825 g/mol. The maximum Gasteiger partial charge on any atom is 0.0942 e. The van der Waals surface area contributed by atoms with E-state index in [0.717, 1.165) is 88.5 Å². The highest BCUT2D eigenvalue weighted by Crippen LogP contribution is 2.52. The number of rotatable bonds is 8. The molecule has 0 saturated heterocycles. The minimum atomic E-state index is 0.227. The van der Waals surface area contributed by atoms with E-state index in [-0.39, 0.29) is 11.8 Å². The minimum absolute atomic E-state index is 0.227. The molecule has 6 heteroatoms. The van der Waals surface area contributed by atoms with E-state index < -0.39 is 0 Å². The Morgan fingerprint density at radius 3 is 0.891 bits per heavy atom. The van der Waals surface area contributed by atoms with Gasteiger partial charge in [-0.3, -0.25) is 19.9 Å². The molecule has 0 bridgehead atoms. The van der Waals surface area contributed by atoms with Gasteiger partial charge in [-0.2, -0.15) is 0 Å². The monoisotopic (exact) mass is 824 g/mol. The highest BCUT2D eigenvalue weighted by molar-refractivity contribution is 6.30. The Labute approximate surface area is 371 Å². The molecule has 0 unspecified atom stereocenters. The van der Waals surface area contributed by atoms with Crippen LogP contribution in [0.25, 0.3) is 75.9 Å². The topological polar surface area (TPSA) is 58.0 Å². The lowest BCUT2D eigenvalue weighted by molar-refractivity contribution is 0.875. The smallest absolute Gasteiger partial charge is 0.0942 e. The quantitative estimate of drug-likeness (QED) is 0.142. The van der Waals surface area contributed by atoms with Crippen LogP contribution in [0.1, 0.15) is 50.7 Å². The van der Waals surface area contributed by atoms with E-state index in [1.807, 2.05) is 49.1 Å². The third kappa shape index (κ3) is 5.79. The lowest BCUT2D eigenvalue weighted by atomic mass is 9.84. The Balaban J connectivity index is 1.24. The van der Waals surface area contributed by atoms with Gasteiger partial charge in [-0.25, -0.2) is 0 Å². The molecule has 6 nitrogen and oxygen atoms in total. The van der Waals surface area contributed by atoms with Crippen molar-refractivity contribution in [1.82, 2.24) is 19.9 Å². The third-order valence-electron chi connectivity index (χ3n) is 13.1. The molecule has 0 radical (unpaired) electrons. The van der Waals surface area contributed by atoms with Crippen LogP contribution in [0.15, 0.2) is 183 Å². The first-order valence-electron chi connectivity index (χ1n) is 22.2. The molecule has 0 aliphatic carbocycles. The summed E-state index contributed by atoms with van der Waals surface area (Å²) in [4.78, 5) is 25.0. The van der Waals surface area contributed by atoms with Crippen molar-refractivity contribution in [2.45, 2.75) is 39.5 Å². The highest BCUT2D eigenvalue weighted by atomic mass is 15.2. The van der Waals surface area contributed by atoms with Crippen LogP contribution in [0.3, 0.4) is 0 Å². The summed E-state index contributed by atoms with van der Waals surface area (Å²) in [6.45, 7) is 9.25. The van der Waals surface area contributed by atoms with E-state index in [1.54, 1.807) is 0 Å². The van der Waals surface area contributed by atoms with Gasteiger partial charge in [0.05, 0.1) is 56.2 Å². The maximum atomic E-state index is 5.04. The Morgan fingerprint density at radius 1 is 0.312 bits per heavy atom. The molecular formula is C58H44N6. The van der Waals surface area contributed by atoms with Crippen LogP contribution in [-0.4, -0.2) is 19.9 Å². The number of benzene rings is 8. The first-order valence-corrected chi connectivity index (χ1v) is 22.2. The molecule has 0 N–H and O–H groups in total. The molecule has 4 heterocycles. The lowest BCUT2D eigenvalue weighted by Gasteiger charge is -2.32. The summed E-state index contributed by atoms with van der Waals surface area (Å²) in [5, 5.41) is 11.7. The fraction of sp³-hybridized carbons (Fsp3) is 0.103. The molecule has 306 valence electrons. The van der Waals surface area contributed by atoms with Crippen molar-refractivity contribution < 1.29 is 0 Å². The second-order valence-electron chi connectivity index (χ2n) is 17.4. The van der Waals surface area contributed by atoms with E-state index >= 15 is 0 Å². The Kier molecular flexibility index (Phi) is 8.76. The van der Waals surface area contributed by atoms with Gasteiger partial charge < -0.3 is 9.80 Å². The Hall–Kier alpha value is -7.96. The number of pyridine rings is 4. The summed E-state index contributed by atoms with van der Waals surface area (Å²) in [5.41, 5.74) is 12.5. The highest BCUT2D eigenvalue weighted by Gasteiger charge is 2.28. The van der Waals surface area contributed by atoms with Crippen LogP contribution in [0.2, 0.25) is 0 Å². The molecule has 0 saturated carbocycles. The normalized spacial score (nSPS) is 12.0. The van der Waals surface area contributed by atoms with Gasteiger partial charge in [0.1, 0.15) is 0 Å². The van der Waals surface area contributed by atoms with Crippen molar-refractivity contribution in [3.8, 4) is 0 Å². The van der Waals surface area contributed by atoms with Gasteiger partial charge in [0.15, 0.2) is 0 Å². The summed E-state index contributed by atoms with van der Waals surface area (Å²) in [6, 6.07) is 56.9. The van der Waals surface area contributed by atoms with Crippen molar-refractivity contribution in [2.24, 2.45) is 0 Å². The second-order valence-corrected chi connectivity index (χ2v) is 17.4. The minimum Gasteiger partial charge on any atom is -0.305 e. The first kappa shape index (κ1) is 37.8. The number of hydrogen-bond acceptors (Lipinski definition) is 6. The largest absolute Gasteiger partial charge is 0.305 e. The molecule has 0 aliphatic heterocycles. The van der Waals surface area contributed by atoms with Gasteiger partial charge in [-0.1, -0.05) is 125 Å². The van der Waals surface area contributed by atoms with E-state index in [2.05, 4.69) is 171 Å². The molecule has 64 heavy (non-hydrogen) atoms. The zero-order chi connectivity index (χ0) is 43.1. The summed E-state index contributed by atoms with van der Waals surface area (Å²) in [5.74, 6) is 0.455. The van der Waals surface area contributed by atoms with Gasteiger partial charge in [-0.05, 0) is 105 Å². The molecule has 0 aliphatic rings. The molecule has 0 spiro atoms. The van der Waals surface area contributed by atoms with Crippen LogP contribution >= 0.6 is 0 Å². The first-order chi connectivity index (χ1) is 31.4. The van der Waals surface area contributed by atoms with E-state index in [9.17, 15) is 0 Å². The van der Waals surface area contributed by atoms with Crippen LogP contribution in [0.5, 0.6) is 0 Å². The molecule has 0 amide bonds. The molecule has 0 fully saturated rings. The predicted molar refractivity (Wildman–Crippen MR) is 269 cm³/mol. The fourth-order valence-electron chi connectivity index (χ4n) is 10.2. The van der Waals surface area contributed by atoms with Crippen LogP contribution in [0, 0.1) is 0 Å². The van der Waals surface area contributed by atoms with Gasteiger partial charge >= 0.3 is 0 Å². The van der Waals surface area contributed by atoms with E-state index in [1.165, 1.54) is 32.7 Å². The third-order valence-corrected chi connectivity index (χ3v) is 13.1. The average Bonchev–Trinajstić information content (AvgIpc) is 3.34. The van der Waals surface area contributed by atoms with Crippen molar-refractivity contribution in [1.29, 1.82) is 0 Å². The summed E-state index contributed by atoms with van der Waals surface area (Å²) in [7, 11) is 0. The van der Waals surface area contributed by atoms with Crippen LogP contribution in [0.4, 0.5) is 34.1 Å². The summed E-state index contributed by atoms with van der Waals surface area (Å²) < 4.78 is 0. The van der Waals surface area contributed by atoms with Crippen molar-refractivity contribution in [2.75, 3.05) is 9.80 Å². The standard InChI is InChI=1S/C58H44N6/c1-35(2)45-33-51(63(47-21-5-13-37-17-9-29-59-55(37)47)48-22-6-14-38-18-10-30-60-56(38)48)43-28-26-42-46(36(3)4)34-52(44-27-25-41(45)53(43)54(42)44)64(49-23-7-15-39-19-11-31-61-57(39)49)50-24-8-16-40-20-12-32-62-58(40)50/h5-36H,1-4H3. The SMILES string of the molecule is CC(C)c1cc(N(c2cccc3cccnc23)c2cccc3cccnc23)c2ccc3c(C(C)C)cc(N(c4cccc5cccnc45)c4cccc5cccnc45)c4ccc1c2c34. The van der Waals surface area contributed by atoms with Gasteiger partial charge in [0.25, 0.3) is 0 Å². The number of aromatic nitrogens is 4. The van der Waals surface area contributed by atoms with E-state index in [0.29, 0.717) is 0 Å². The Bertz CT molecular complexity index is 3350. The number of anilines is 6. The molecule has 12 aromatic rings. The van der Waals surface area contributed by atoms with Gasteiger partial charge in [0, 0.05) is 57.1 Å². The van der Waals surface area contributed by atoms with E-state index in [4.69, 9.17) is 19.9 Å². The summed E-state index contributed by atoms with van der Waals surface area (Å²) >= 11 is 0. The molecule has 12 rings (SSSR count). The predicted octanol–water partition coefficient (Wildman–Crippen LogP) is 16.0. The van der Waals surface area contributed by atoms with Crippen molar-refractivity contribution >= 4 is 110 Å². The number of nitrogens with zero attached hydrogens (tertiary/aromatic N) is 6. The lowest BCUT2D eigenvalue weighted by Crippen LogP contribution is -2.14. The van der Waals surface area contributed by atoms with Crippen molar-refractivity contribution in [3.05, 3.63) is 194 Å². The number of fused-ring (bicyclic) bond motifs is 4. The zero-order valence-electron chi connectivity index (χ0n) is 36.2. The van der Waals surface area contributed by atoms with Crippen LogP contribution in [-0.2, 0) is 0 Å². The molecular weight excluding hydrogens is 781 g/mol. The zero-order valence-corrected chi connectivity index (χ0v) is 36.2. The molecule has 4 aromatic heterocycles. The van der Waals surface area contributed by atoms with Crippen LogP contribution < -0.4 is 9.80 Å². The van der Waals surface area contributed by atoms with Gasteiger partial charge in [0.2, 0.25) is 0 Å².